The van der Waals surface area contributed by atoms with Gasteiger partial charge in [-0.05, 0) is 56.9 Å². The summed E-state index contributed by atoms with van der Waals surface area (Å²) in [5, 5.41) is 0. The summed E-state index contributed by atoms with van der Waals surface area (Å²) in [7, 11) is 1.70. The van der Waals surface area contributed by atoms with E-state index in [1.165, 1.54) is 28.0 Å². The Morgan fingerprint density at radius 2 is 2.05 bits per heavy atom. The molecule has 1 aromatic carbocycles. The number of rotatable bonds is 5. The van der Waals surface area contributed by atoms with Crippen molar-refractivity contribution in [1.29, 1.82) is 0 Å². The summed E-state index contributed by atoms with van der Waals surface area (Å²) in [5.74, 6) is 0.886. The van der Waals surface area contributed by atoms with Gasteiger partial charge in [0.2, 0.25) is 0 Å². The highest BCUT2D eigenvalue weighted by Gasteiger charge is 2.33. The largest absolute Gasteiger partial charge is 0.496 e. The van der Waals surface area contributed by atoms with Gasteiger partial charge in [-0.1, -0.05) is 0 Å². The average Bonchev–Trinajstić information content (AvgIpc) is 2.53. The van der Waals surface area contributed by atoms with Crippen LogP contribution < -0.4 is 9.64 Å². The van der Waals surface area contributed by atoms with Crippen LogP contribution in [0.2, 0.25) is 0 Å². The summed E-state index contributed by atoms with van der Waals surface area (Å²) in [6.45, 7) is 8.47. The van der Waals surface area contributed by atoms with Crippen molar-refractivity contribution in [2.45, 2.75) is 52.6 Å². The highest BCUT2D eigenvalue weighted by atomic mass is 16.5. The van der Waals surface area contributed by atoms with Gasteiger partial charge in [0.25, 0.3) is 0 Å². The fraction of sp³-hybridized carbons (Fsp3) is 0.611. The van der Waals surface area contributed by atoms with Gasteiger partial charge in [0.1, 0.15) is 12.3 Å². The minimum absolute atomic E-state index is 0.0180. The van der Waals surface area contributed by atoms with E-state index in [1.807, 2.05) is 13.0 Å². The van der Waals surface area contributed by atoms with Crippen LogP contribution in [0.1, 0.15) is 42.9 Å². The predicted octanol–water partition coefficient (Wildman–Crippen LogP) is 1.81. The molecule has 1 fully saturated rings. The molecule has 4 nitrogen and oxygen atoms in total. The number of hydrogen-bond donors (Lipinski definition) is 1. The number of piperidine rings is 1. The first-order valence-electron chi connectivity index (χ1n) is 8.22. The molecule has 2 atom stereocenters. The molecular weight excluding hydrogens is 278 g/mol. The van der Waals surface area contributed by atoms with Gasteiger partial charge >= 0.3 is 5.97 Å². The molecule has 122 valence electrons. The molecule has 1 heterocycles. The Kier molecular flexibility index (Phi) is 5.83. The van der Waals surface area contributed by atoms with Gasteiger partial charge in [0.05, 0.1) is 20.3 Å². The van der Waals surface area contributed by atoms with Crippen molar-refractivity contribution in [1.82, 2.24) is 0 Å². The van der Waals surface area contributed by atoms with Gasteiger partial charge in [-0.3, -0.25) is 0 Å². The summed E-state index contributed by atoms with van der Waals surface area (Å²) in [6, 6.07) is 4.14. The molecule has 0 spiro atoms. The molecule has 1 unspecified atom stereocenters. The summed E-state index contributed by atoms with van der Waals surface area (Å²) in [4.78, 5) is 13.5. The number of methoxy groups -OCH3 is 1. The Labute approximate surface area is 133 Å². The average molecular weight is 306 g/mol. The van der Waals surface area contributed by atoms with E-state index in [1.54, 1.807) is 7.11 Å². The highest BCUT2D eigenvalue weighted by Crippen LogP contribution is 2.23. The summed E-state index contributed by atoms with van der Waals surface area (Å²) in [6.07, 6.45) is 3.23. The number of carbonyl (C=O) groups excluding carboxylic acids is 1. The van der Waals surface area contributed by atoms with Crippen molar-refractivity contribution >= 4 is 5.97 Å². The van der Waals surface area contributed by atoms with Crippen molar-refractivity contribution in [3.05, 3.63) is 28.8 Å². The third-order valence-electron chi connectivity index (χ3n) is 4.79. The third-order valence-corrected chi connectivity index (χ3v) is 4.79. The Bertz CT molecular complexity index is 527. The predicted molar refractivity (Wildman–Crippen MR) is 86.3 cm³/mol. The van der Waals surface area contributed by atoms with Crippen LogP contribution in [0.4, 0.5) is 0 Å². The third kappa shape index (κ3) is 3.61. The van der Waals surface area contributed by atoms with Crippen LogP contribution in [0.15, 0.2) is 12.1 Å². The van der Waals surface area contributed by atoms with E-state index in [0.29, 0.717) is 6.61 Å². The number of quaternary nitrogens is 1. The summed E-state index contributed by atoms with van der Waals surface area (Å²) in [5.41, 5.74) is 3.74. The minimum atomic E-state index is -0.0416. The van der Waals surface area contributed by atoms with Gasteiger partial charge in [-0.15, -0.1) is 0 Å². The van der Waals surface area contributed by atoms with Crippen LogP contribution in [-0.2, 0) is 16.1 Å². The van der Waals surface area contributed by atoms with Crippen molar-refractivity contribution in [2.24, 2.45) is 0 Å². The van der Waals surface area contributed by atoms with Crippen LogP contribution in [0, 0.1) is 13.8 Å². The SMILES string of the molecule is CCOC(=O)[C@H]1CCCC[NH+]1Cc1ccc(OC)c(C)c1C. The molecule has 0 bridgehead atoms. The van der Waals surface area contributed by atoms with Gasteiger partial charge < -0.3 is 14.4 Å². The van der Waals surface area contributed by atoms with E-state index in [0.717, 1.165) is 31.7 Å². The Balaban J connectivity index is 2.17. The molecule has 1 aliphatic heterocycles. The Morgan fingerprint density at radius 3 is 2.73 bits per heavy atom. The molecule has 0 amide bonds. The van der Waals surface area contributed by atoms with Crippen molar-refractivity contribution in [3.63, 3.8) is 0 Å². The lowest BCUT2D eigenvalue weighted by molar-refractivity contribution is -0.935. The number of benzene rings is 1. The lowest BCUT2D eigenvalue weighted by Crippen LogP contribution is -3.16. The zero-order chi connectivity index (χ0) is 16.1. The fourth-order valence-electron chi connectivity index (χ4n) is 3.33. The molecule has 0 radical (unpaired) electrons. The number of hydrogen-bond acceptors (Lipinski definition) is 3. The zero-order valence-corrected chi connectivity index (χ0v) is 14.2. The maximum absolute atomic E-state index is 12.2. The quantitative estimate of drug-likeness (QED) is 0.844. The zero-order valence-electron chi connectivity index (χ0n) is 14.2. The van der Waals surface area contributed by atoms with Crippen LogP contribution in [-0.4, -0.2) is 32.3 Å². The van der Waals surface area contributed by atoms with Crippen molar-refractivity contribution in [2.75, 3.05) is 20.3 Å². The second-order valence-corrected chi connectivity index (χ2v) is 6.06. The first kappa shape index (κ1) is 16.8. The van der Waals surface area contributed by atoms with E-state index in [2.05, 4.69) is 19.9 Å². The molecule has 0 aromatic heterocycles. The monoisotopic (exact) mass is 306 g/mol. The standard InChI is InChI=1S/C18H27NO3/c1-5-22-18(20)16-8-6-7-11-19(16)12-15-9-10-17(21-4)14(3)13(15)2/h9-10,16H,5-8,11-12H2,1-4H3/p+1/t16-/m1/s1. The van der Waals surface area contributed by atoms with Gasteiger partial charge in [0.15, 0.2) is 6.04 Å². The molecule has 0 aliphatic carbocycles. The van der Waals surface area contributed by atoms with Crippen LogP contribution in [0.25, 0.3) is 0 Å². The highest BCUT2D eigenvalue weighted by molar-refractivity contribution is 5.74. The van der Waals surface area contributed by atoms with E-state index in [-0.39, 0.29) is 12.0 Å². The minimum Gasteiger partial charge on any atom is -0.496 e. The number of likely N-dealkylation sites (tertiary alicyclic amines) is 1. The second kappa shape index (κ2) is 7.63. The van der Waals surface area contributed by atoms with Crippen molar-refractivity contribution < 1.29 is 19.2 Å². The number of esters is 1. The van der Waals surface area contributed by atoms with E-state index in [9.17, 15) is 4.79 Å². The van der Waals surface area contributed by atoms with E-state index >= 15 is 0 Å². The van der Waals surface area contributed by atoms with Crippen LogP contribution >= 0.6 is 0 Å². The van der Waals surface area contributed by atoms with Crippen LogP contribution in [0.5, 0.6) is 5.75 Å². The van der Waals surface area contributed by atoms with E-state index < -0.39 is 0 Å². The topological polar surface area (TPSA) is 40.0 Å². The molecule has 22 heavy (non-hydrogen) atoms. The van der Waals surface area contributed by atoms with Crippen molar-refractivity contribution in [3.8, 4) is 5.75 Å². The molecule has 2 rings (SSSR count). The maximum Gasteiger partial charge on any atom is 0.364 e. The summed E-state index contributed by atoms with van der Waals surface area (Å²) >= 11 is 0. The Hall–Kier alpha value is -1.55. The first-order chi connectivity index (χ1) is 10.6. The lowest BCUT2D eigenvalue weighted by atomic mass is 9.98. The first-order valence-corrected chi connectivity index (χ1v) is 8.22. The van der Waals surface area contributed by atoms with Gasteiger partial charge in [-0.25, -0.2) is 4.79 Å². The van der Waals surface area contributed by atoms with Gasteiger partial charge in [0, 0.05) is 12.0 Å². The second-order valence-electron chi connectivity index (χ2n) is 6.06. The van der Waals surface area contributed by atoms with Crippen LogP contribution in [0.3, 0.4) is 0 Å². The fourth-order valence-corrected chi connectivity index (χ4v) is 3.33. The number of ether oxygens (including phenoxy) is 2. The Morgan fingerprint density at radius 1 is 1.27 bits per heavy atom. The maximum atomic E-state index is 12.2. The normalized spacial score (nSPS) is 21.5. The molecular formula is C18H28NO3+. The molecule has 4 heteroatoms. The molecule has 1 aromatic rings. The molecule has 1 saturated heterocycles. The molecule has 1 N–H and O–H groups in total. The number of carbonyl (C=O) groups is 1. The smallest absolute Gasteiger partial charge is 0.364 e. The number of nitrogens with one attached hydrogen (secondary N) is 1. The lowest BCUT2D eigenvalue weighted by Gasteiger charge is -2.31. The summed E-state index contributed by atoms with van der Waals surface area (Å²) < 4.78 is 10.6. The van der Waals surface area contributed by atoms with Gasteiger partial charge in [-0.2, -0.15) is 0 Å². The van der Waals surface area contributed by atoms with E-state index in [4.69, 9.17) is 9.47 Å². The molecule has 0 saturated carbocycles. The molecule has 1 aliphatic rings.